The second kappa shape index (κ2) is 7.62. The van der Waals surface area contributed by atoms with Crippen molar-refractivity contribution in [1.29, 1.82) is 0 Å². The lowest BCUT2D eigenvalue weighted by Gasteiger charge is -2.11. The Kier molecular flexibility index (Phi) is 5.07. The van der Waals surface area contributed by atoms with Crippen LogP contribution in [0.4, 0.5) is 10.5 Å². The highest BCUT2D eigenvalue weighted by Gasteiger charge is 2.24. The summed E-state index contributed by atoms with van der Waals surface area (Å²) in [5.74, 6) is -1.25. The normalized spacial score (nSPS) is 11.2. The molecule has 3 rings (SSSR count). The van der Waals surface area contributed by atoms with Crippen molar-refractivity contribution < 1.29 is 14.7 Å². The van der Waals surface area contributed by atoms with Gasteiger partial charge in [0.2, 0.25) is 0 Å². The number of fused-ring (bicyclic) bond motifs is 1. The molecule has 0 saturated heterocycles. The largest absolute Gasteiger partial charge is 0.506 e. The first-order chi connectivity index (χ1) is 13.4. The van der Waals surface area contributed by atoms with Crippen molar-refractivity contribution in [3.63, 3.8) is 0 Å². The minimum atomic E-state index is -1.03. The molecule has 0 radical (unpaired) electrons. The number of hydrogen-bond donors (Lipinski definition) is 5. The third-order valence-corrected chi connectivity index (χ3v) is 3.93. The molecule has 9 nitrogen and oxygen atoms in total. The highest BCUT2D eigenvalue weighted by Crippen LogP contribution is 2.25. The van der Waals surface area contributed by atoms with Crippen LogP contribution >= 0.6 is 0 Å². The summed E-state index contributed by atoms with van der Waals surface area (Å²) in [4.78, 5) is 38.9. The smallest absolute Gasteiger partial charge is 0.332 e. The molecule has 9 heteroatoms. The number of H-pyrrole nitrogens is 1. The van der Waals surface area contributed by atoms with E-state index in [4.69, 9.17) is 5.73 Å². The van der Waals surface area contributed by atoms with Crippen LogP contribution in [0.5, 0.6) is 5.75 Å². The number of hydrazone groups is 1. The van der Waals surface area contributed by atoms with Gasteiger partial charge < -0.3 is 21.1 Å². The SMILES string of the molecule is Cc1ccc(NC(=O)C(=NNC(N)=O)c2c(O)c3ccccc3[nH]c2=O)cc1. The quantitative estimate of drug-likeness (QED) is 0.345. The van der Waals surface area contributed by atoms with E-state index in [9.17, 15) is 19.5 Å². The van der Waals surface area contributed by atoms with Crippen LogP contribution < -0.4 is 22.0 Å². The zero-order valence-corrected chi connectivity index (χ0v) is 14.8. The van der Waals surface area contributed by atoms with Crippen molar-refractivity contribution in [3.05, 3.63) is 70.0 Å². The number of aromatic amines is 1. The van der Waals surface area contributed by atoms with E-state index >= 15 is 0 Å². The second-order valence-electron chi connectivity index (χ2n) is 5.98. The van der Waals surface area contributed by atoms with Gasteiger partial charge in [0.15, 0.2) is 5.71 Å². The Morgan fingerprint density at radius 3 is 2.46 bits per heavy atom. The number of rotatable bonds is 4. The Labute approximate surface area is 158 Å². The Hall–Kier alpha value is -4.14. The van der Waals surface area contributed by atoms with E-state index in [0.29, 0.717) is 16.6 Å². The number of para-hydroxylation sites is 1. The molecule has 0 aliphatic heterocycles. The molecular weight excluding hydrogens is 362 g/mol. The van der Waals surface area contributed by atoms with Crippen molar-refractivity contribution in [2.75, 3.05) is 5.32 Å². The number of carbonyl (C=O) groups is 2. The molecule has 1 heterocycles. The third-order valence-electron chi connectivity index (χ3n) is 3.93. The summed E-state index contributed by atoms with van der Waals surface area (Å²) in [6.07, 6.45) is 0. The zero-order valence-electron chi connectivity index (χ0n) is 14.8. The van der Waals surface area contributed by atoms with Crippen LogP contribution in [0.25, 0.3) is 10.9 Å². The second-order valence-corrected chi connectivity index (χ2v) is 5.98. The van der Waals surface area contributed by atoms with Gasteiger partial charge in [0.25, 0.3) is 11.5 Å². The van der Waals surface area contributed by atoms with Gasteiger partial charge in [-0.05, 0) is 31.2 Å². The van der Waals surface area contributed by atoms with Gasteiger partial charge >= 0.3 is 6.03 Å². The average molecular weight is 379 g/mol. The molecular formula is C19H17N5O4. The molecule has 28 heavy (non-hydrogen) atoms. The number of nitrogens with two attached hydrogens (primary N) is 1. The predicted molar refractivity (Wildman–Crippen MR) is 105 cm³/mol. The summed E-state index contributed by atoms with van der Waals surface area (Å²) < 4.78 is 0. The summed E-state index contributed by atoms with van der Waals surface area (Å²) in [5, 5.41) is 17.1. The summed E-state index contributed by atoms with van der Waals surface area (Å²) >= 11 is 0. The van der Waals surface area contributed by atoms with Crippen LogP contribution in [0.1, 0.15) is 11.1 Å². The molecule has 0 bridgehead atoms. The number of hydrogen-bond acceptors (Lipinski definition) is 5. The van der Waals surface area contributed by atoms with Crippen LogP contribution in [0.3, 0.4) is 0 Å². The highest BCUT2D eigenvalue weighted by atomic mass is 16.3. The Morgan fingerprint density at radius 2 is 1.79 bits per heavy atom. The lowest BCUT2D eigenvalue weighted by molar-refractivity contribution is -0.110. The first-order valence-electron chi connectivity index (χ1n) is 8.22. The lowest BCUT2D eigenvalue weighted by Crippen LogP contribution is -2.34. The maximum absolute atomic E-state index is 12.8. The molecule has 0 saturated carbocycles. The number of aromatic nitrogens is 1. The average Bonchev–Trinajstić information content (AvgIpc) is 2.65. The minimum Gasteiger partial charge on any atom is -0.506 e. The molecule has 1 aromatic heterocycles. The van der Waals surface area contributed by atoms with Crippen LogP contribution in [0, 0.1) is 6.92 Å². The summed E-state index contributed by atoms with van der Waals surface area (Å²) in [7, 11) is 0. The molecule has 2 aromatic carbocycles. The maximum Gasteiger partial charge on any atom is 0.332 e. The van der Waals surface area contributed by atoms with Gasteiger partial charge in [-0.1, -0.05) is 29.8 Å². The number of carbonyl (C=O) groups excluding carboxylic acids is 2. The molecule has 6 N–H and O–H groups in total. The molecule has 0 aliphatic rings. The van der Waals surface area contributed by atoms with Crippen molar-refractivity contribution >= 4 is 34.2 Å². The van der Waals surface area contributed by atoms with Crippen LogP contribution in [0.2, 0.25) is 0 Å². The van der Waals surface area contributed by atoms with Crippen molar-refractivity contribution in [2.24, 2.45) is 10.8 Å². The number of pyridine rings is 1. The van der Waals surface area contributed by atoms with E-state index < -0.39 is 34.5 Å². The van der Waals surface area contributed by atoms with Crippen molar-refractivity contribution in [2.45, 2.75) is 6.92 Å². The Morgan fingerprint density at radius 1 is 1.11 bits per heavy atom. The molecule has 0 fully saturated rings. The molecule has 0 spiro atoms. The first kappa shape index (κ1) is 18.6. The van der Waals surface area contributed by atoms with Gasteiger partial charge in [-0.15, -0.1) is 0 Å². The molecule has 0 aliphatic carbocycles. The lowest BCUT2D eigenvalue weighted by atomic mass is 10.1. The number of amides is 3. The minimum absolute atomic E-state index is 0.312. The number of primary amides is 1. The first-order valence-corrected chi connectivity index (χ1v) is 8.22. The number of aryl methyl sites for hydroxylation is 1. The summed E-state index contributed by atoms with van der Waals surface area (Å²) in [6.45, 7) is 1.89. The number of nitrogens with zero attached hydrogens (tertiary/aromatic N) is 1. The van der Waals surface area contributed by atoms with E-state index in [-0.39, 0.29) is 0 Å². The Bertz CT molecular complexity index is 1150. The molecule has 0 atom stereocenters. The molecule has 142 valence electrons. The Balaban J connectivity index is 2.10. The van der Waals surface area contributed by atoms with Gasteiger partial charge in [-0.3, -0.25) is 9.59 Å². The van der Waals surface area contributed by atoms with Gasteiger partial charge in [-0.25, -0.2) is 10.2 Å². The third kappa shape index (κ3) is 3.83. The van der Waals surface area contributed by atoms with Gasteiger partial charge in [-0.2, -0.15) is 5.10 Å². The van der Waals surface area contributed by atoms with E-state index in [0.717, 1.165) is 5.56 Å². The molecule has 3 aromatic rings. The van der Waals surface area contributed by atoms with Crippen LogP contribution in [-0.4, -0.2) is 27.7 Å². The van der Waals surface area contributed by atoms with E-state index in [1.807, 2.05) is 12.3 Å². The zero-order chi connectivity index (χ0) is 20.3. The number of urea groups is 1. The van der Waals surface area contributed by atoms with Crippen molar-refractivity contribution in [1.82, 2.24) is 10.4 Å². The van der Waals surface area contributed by atoms with Crippen LogP contribution in [-0.2, 0) is 4.79 Å². The fraction of sp³-hybridized carbons (Fsp3) is 0.0526. The van der Waals surface area contributed by atoms with Crippen molar-refractivity contribution in [3.8, 4) is 5.75 Å². The van der Waals surface area contributed by atoms with Gasteiger partial charge in [0, 0.05) is 11.1 Å². The number of anilines is 1. The number of aromatic hydroxyl groups is 1. The standard InChI is InChI=1S/C19H17N5O4/c1-10-6-8-11(9-7-10)21-18(27)15(23-24-19(20)28)14-16(25)12-4-2-3-5-13(12)22-17(14)26/h2-9H,1H3,(H,21,27)(H3,20,24,28)(H2,22,25,26). The summed E-state index contributed by atoms with van der Waals surface area (Å²) in [6, 6.07) is 12.4. The van der Waals surface area contributed by atoms with E-state index in [2.05, 4.69) is 15.4 Å². The molecule has 3 amide bonds. The van der Waals surface area contributed by atoms with E-state index in [1.54, 1.807) is 48.5 Å². The molecule has 0 unspecified atom stereocenters. The summed E-state index contributed by atoms with van der Waals surface area (Å²) in [5.41, 5.74) is 7.12. The fourth-order valence-electron chi connectivity index (χ4n) is 2.60. The number of nitrogens with one attached hydrogen (secondary N) is 3. The maximum atomic E-state index is 12.8. The highest BCUT2D eigenvalue weighted by molar-refractivity contribution is 6.49. The van der Waals surface area contributed by atoms with E-state index in [1.165, 1.54) is 0 Å². The number of benzene rings is 2. The van der Waals surface area contributed by atoms with Gasteiger partial charge in [0.1, 0.15) is 11.3 Å². The van der Waals surface area contributed by atoms with Gasteiger partial charge in [0.05, 0.1) is 5.52 Å². The predicted octanol–water partition coefficient (Wildman–Crippen LogP) is 1.55. The monoisotopic (exact) mass is 379 g/mol. The fourth-order valence-corrected chi connectivity index (χ4v) is 2.60. The van der Waals surface area contributed by atoms with Crippen LogP contribution in [0.15, 0.2) is 58.4 Å². The topological polar surface area (TPSA) is 150 Å².